The molecular formula is C28H50O5S. The number of aliphatic hydroxyl groups excluding tert-OH is 1. The lowest BCUT2D eigenvalue weighted by Gasteiger charge is -2.68. The van der Waals surface area contributed by atoms with Crippen molar-refractivity contribution in [2.75, 3.05) is 5.75 Å². The molecular weight excluding hydrogens is 448 g/mol. The van der Waals surface area contributed by atoms with Gasteiger partial charge in [-0.1, -0.05) is 41.0 Å². The third-order valence-electron chi connectivity index (χ3n) is 11.9. The fourth-order valence-corrected chi connectivity index (χ4v) is 11.5. The van der Waals surface area contributed by atoms with Crippen molar-refractivity contribution in [1.82, 2.24) is 0 Å². The third kappa shape index (κ3) is 4.31. The summed E-state index contributed by atoms with van der Waals surface area (Å²) in [5.74, 6) is 2.61. The van der Waals surface area contributed by atoms with Gasteiger partial charge in [-0.05, 0) is 116 Å². The second kappa shape index (κ2) is 8.99. The van der Waals surface area contributed by atoms with Gasteiger partial charge in [-0.2, -0.15) is 8.42 Å². The van der Waals surface area contributed by atoms with Gasteiger partial charge in [0.25, 0.3) is 10.1 Å². The predicted octanol–water partition coefficient (Wildman–Crippen LogP) is 5.55. The fourth-order valence-electron chi connectivity index (χ4n) is 10.7. The molecule has 3 unspecified atom stereocenters. The Balaban J connectivity index is 1.62. The molecule has 4 saturated carbocycles. The first-order valence-corrected chi connectivity index (χ1v) is 15.6. The molecule has 0 radical (unpaired) electrons. The zero-order chi connectivity index (χ0) is 25.3. The number of aliphatic hydroxyl groups is 2. The largest absolute Gasteiger partial charge is 0.393 e. The Hall–Kier alpha value is -0.170. The second-order valence-corrected chi connectivity index (χ2v) is 15.3. The Morgan fingerprint density at radius 2 is 1.56 bits per heavy atom. The number of hydrogen-bond donors (Lipinski definition) is 3. The number of fused-ring (bicyclic) bond motifs is 5. The Morgan fingerprint density at radius 1 is 0.941 bits per heavy atom. The molecule has 5 nitrogen and oxygen atoms in total. The zero-order valence-corrected chi connectivity index (χ0v) is 23.2. The zero-order valence-electron chi connectivity index (χ0n) is 22.3. The van der Waals surface area contributed by atoms with E-state index in [1.807, 2.05) is 6.92 Å². The van der Waals surface area contributed by atoms with E-state index in [0.717, 1.165) is 51.4 Å². The van der Waals surface area contributed by atoms with Crippen LogP contribution in [-0.2, 0) is 10.1 Å². The van der Waals surface area contributed by atoms with Gasteiger partial charge in [-0.3, -0.25) is 4.55 Å². The first-order chi connectivity index (χ1) is 15.6. The summed E-state index contributed by atoms with van der Waals surface area (Å²) in [6.07, 6.45) is 8.97. The summed E-state index contributed by atoms with van der Waals surface area (Å²) in [6.45, 7) is 13.5. The van der Waals surface area contributed by atoms with Crippen LogP contribution in [0.4, 0.5) is 0 Å². The summed E-state index contributed by atoms with van der Waals surface area (Å²) in [4.78, 5) is 0. The van der Waals surface area contributed by atoms with Gasteiger partial charge in [-0.25, -0.2) is 0 Å². The molecule has 0 aromatic rings. The first kappa shape index (κ1) is 26.9. The monoisotopic (exact) mass is 498 g/mol. The fraction of sp³-hybridized carbons (Fsp3) is 1.00. The topological polar surface area (TPSA) is 94.8 Å². The van der Waals surface area contributed by atoms with Crippen LogP contribution in [0.2, 0.25) is 0 Å². The normalized spacial score (nSPS) is 50.7. The van der Waals surface area contributed by atoms with Crippen LogP contribution < -0.4 is 0 Å². The smallest absolute Gasteiger partial charge is 0.265 e. The Bertz CT molecular complexity index is 855. The molecule has 6 heteroatoms. The van der Waals surface area contributed by atoms with Gasteiger partial charge in [0, 0.05) is 0 Å². The molecule has 0 aromatic heterocycles. The maximum Gasteiger partial charge on any atom is 0.265 e. The average Bonchev–Trinajstić information content (AvgIpc) is 3.05. The summed E-state index contributed by atoms with van der Waals surface area (Å²) < 4.78 is 32.1. The van der Waals surface area contributed by atoms with E-state index >= 15 is 0 Å². The highest BCUT2D eigenvalue weighted by molar-refractivity contribution is 7.85. The minimum Gasteiger partial charge on any atom is -0.393 e. The summed E-state index contributed by atoms with van der Waals surface area (Å²) in [5.41, 5.74) is -0.358. The van der Waals surface area contributed by atoms with Crippen molar-refractivity contribution in [3.8, 4) is 0 Å². The van der Waals surface area contributed by atoms with Crippen LogP contribution in [0, 0.1) is 58.2 Å². The molecule has 0 bridgehead atoms. The lowest BCUT2D eigenvalue weighted by molar-refractivity contribution is -0.245. The third-order valence-corrected chi connectivity index (χ3v) is 12.9. The summed E-state index contributed by atoms with van der Waals surface area (Å²) in [7, 11) is -3.94. The van der Waals surface area contributed by atoms with Crippen molar-refractivity contribution in [2.24, 2.45) is 58.2 Å². The predicted molar refractivity (Wildman–Crippen MR) is 136 cm³/mol. The van der Waals surface area contributed by atoms with Crippen molar-refractivity contribution in [3.63, 3.8) is 0 Å². The summed E-state index contributed by atoms with van der Waals surface area (Å²) in [5, 5.41) is 22.8. The molecule has 4 fully saturated rings. The molecule has 4 aliphatic rings. The van der Waals surface area contributed by atoms with Gasteiger partial charge < -0.3 is 10.2 Å². The Kier molecular flexibility index (Phi) is 7.11. The molecule has 0 amide bonds. The quantitative estimate of drug-likeness (QED) is 0.417. The van der Waals surface area contributed by atoms with E-state index in [1.54, 1.807) is 0 Å². The highest BCUT2D eigenvalue weighted by Crippen LogP contribution is 2.71. The van der Waals surface area contributed by atoms with Gasteiger partial charge in [0.1, 0.15) is 0 Å². The van der Waals surface area contributed by atoms with Crippen LogP contribution in [-0.4, -0.2) is 40.6 Å². The molecule has 0 heterocycles. The minimum absolute atomic E-state index is 0.0559. The molecule has 4 aliphatic carbocycles. The molecule has 0 saturated heterocycles. The highest BCUT2D eigenvalue weighted by atomic mass is 32.2. The van der Waals surface area contributed by atoms with Gasteiger partial charge >= 0.3 is 0 Å². The summed E-state index contributed by atoms with van der Waals surface area (Å²) >= 11 is 0. The Labute approximate surface area is 208 Å². The van der Waals surface area contributed by atoms with Crippen LogP contribution >= 0.6 is 0 Å². The van der Waals surface area contributed by atoms with Gasteiger partial charge in [0.15, 0.2) is 0 Å². The SMILES string of the molecule is CC[C@@H]1[C@@H]2C[C@H](O)CC[C@]2(C)C2CC[C@@]3(C)C(CC[C@@H]3[C@@H](C)C[C@@H](C)CS(=O)(=O)O)C2[C@@]1(C)O. The molecule has 12 atom stereocenters. The van der Waals surface area contributed by atoms with Crippen molar-refractivity contribution in [1.29, 1.82) is 0 Å². The van der Waals surface area contributed by atoms with Gasteiger partial charge in [0.05, 0.1) is 17.5 Å². The maximum atomic E-state index is 12.3. The molecule has 3 N–H and O–H groups in total. The lowest BCUT2D eigenvalue weighted by atomic mass is 9.38. The van der Waals surface area contributed by atoms with E-state index in [9.17, 15) is 23.2 Å². The van der Waals surface area contributed by atoms with E-state index in [1.165, 1.54) is 6.42 Å². The van der Waals surface area contributed by atoms with Crippen LogP contribution in [0.15, 0.2) is 0 Å². The van der Waals surface area contributed by atoms with Crippen molar-refractivity contribution in [3.05, 3.63) is 0 Å². The number of hydrogen-bond acceptors (Lipinski definition) is 4. The Morgan fingerprint density at radius 3 is 2.18 bits per heavy atom. The molecule has 0 aromatic carbocycles. The minimum atomic E-state index is -3.94. The van der Waals surface area contributed by atoms with Crippen LogP contribution in [0.3, 0.4) is 0 Å². The van der Waals surface area contributed by atoms with E-state index in [0.29, 0.717) is 35.5 Å². The van der Waals surface area contributed by atoms with Crippen LogP contribution in [0.1, 0.15) is 99.3 Å². The molecule has 4 rings (SSSR count). The van der Waals surface area contributed by atoms with Crippen molar-refractivity contribution >= 4 is 10.1 Å². The van der Waals surface area contributed by atoms with E-state index in [2.05, 4.69) is 34.6 Å². The second-order valence-electron chi connectivity index (χ2n) is 13.8. The molecule has 0 spiro atoms. The van der Waals surface area contributed by atoms with Gasteiger partial charge in [-0.15, -0.1) is 0 Å². The van der Waals surface area contributed by atoms with Gasteiger partial charge in [0.2, 0.25) is 0 Å². The average molecular weight is 499 g/mol. The van der Waals surface area contributed by atoms with Crippen LogP contribution in [0.25, 0.3) is 0 Å². The van der Waals surface area contributed by atoms with Crippen LogP contribution in [0.5, 0.6) is 0 Å². The molecule has 0 aliphatic heterocycles. The van der Waals surface area contributed by atoms with Crippen molar-refractivity contribution < 1.29 is 23.2 Å². The van der Waals surface area contributed by atoms with E-state index in [4.69, 9.17) is 0 Å². The first-order valence-electron chi connectivity index (χ1n) is 14.0. The van der Waals surface area contributed by atoms with Crippen molar-refractivity contribution in [2.45, 2.75) is 111 Å². The number of rotatable bonds is 6. The highest BCUT2D eigenvalue weighted by Gasteiger charge is 2.68. The van der Waals surface area contributed by atoms with E-state index < -0.39 is 15.7 Å². The maximum absolute atomic E-state index is 12.3. The summed E-state index contributed by atoms with van der Waals surface area (Å²) in [6, 6.07) is 0. The molecule has 198 valence electrons. The van der Waals surface area contributed by atoms with E-state index in [-0.39, 0.29) is 34.5 Å². The molecule has 34 heavy (non-hydrogen) atoms. The standard InChI is InChI=1S/C28H50O5S/c1-7-20-24-15-19(29)10-12-27(24,5)23-11-13-26(4)21(8-9-22(26)25(23)28(20,6)30)18(3)14-17(2)16-34(31,32)33/h17-25,29-30H,7-16H2,1-6H3,(H,31,32,33)/t17-,18+,19-,20-,21-,22?,23?,24+,25?,26-,27-,28+/m1/s1. The lowest BCUT2D eigenvalue weighted by Crippen LogP contribution is -2.66.